The molecule has 4 rings (SSSR count). The molecule has 2 N–H and O–H groups in total. The number of likely N-dealkylation sites (tertiary alicyclic amines) is 3. The third-order valence-electron chi connectivity index (χ3n) is 8.90. The third-order valence-corrected chi connectivity index (χ3v) is 8.90. The minimum atomic E-state index is -5.08. The van der Waals surface area contributed by atoms with Crippen LogP contribution in [0.15, 0.2) is 24.5 Å². The normalized spacial score (nSPS) is 21.4. The van der Waals surface area contributed by atoms with E-state index in [4.69, 9.17) is 19.8 Å². The van der Waals surface area contributed by atoms with Crippen molar-refractivity contribution in [1.82, 2.24) is 19.7 Å². The van der Waals surface area contributed by atoms with Gasteiger partial charge in [-0.2, -0.15) is 26.3 Å². The van der Waals surface area contributed by atoms with E-state index in [1.54, 1.807) is 0 Å². The minimum absolute atomic E-state index is 0.0269. The van der Waals surface area contributed by atoms with Gasteiger partial charge in [0.2, 0.25) is 11.8 Å². The highest BCUT2D eigenvalue weighted by atomic mass is 19.4. The van der Waals surface area contributed by atoms with Gasteiger partial charge in [0.05, 0.1) is 5.41 Å². The number of piperidine rings is 1. The molecule has 2 amide bonds. The van der Waals surface area contributed by atoms with Gasteiger partial charge in [-0.05, 0) is 50.7 Å². The van der Waals surface area contributed by atoms with E-state index in [1.165, 1.54) is 5.56 Å². The third kappa shape index (κ3) is 9.07. The van der Waals surface area contributed by atoms with Gasteiger partial charge < -0.3 is 20.0 Å². The molecular formula is C29H40F6N4O6. The number of nitrogens with zero attached hydrogens (tertiary/aromatic N) is 4. The Bertz CT molecular complexity index is 1150. The predicted molar refractivity (Wildman–Crippen MR) is 149 cm³/mol. The average molecular weight is 655 g/mol. The van der Waals surface area contributed by atoms with Gasteiger partial charge >= 0.3 is 24.3 Å². The molecule has 16 heteroatoms. The second-order valence-corrected chi connectivity index (χ2v) is 11.4. The lowest BCUT2D eigenvalue weighted by Gasteiger charge is -2.47. The number of carboxylic acid groups (broad SMARTS) is 2. The van der Waals surface area contributed by atoms with Crippen molar-refractivity contribution in [2.75, 3.05) is 39.3 Å². The smallest absolute Gasteiger partial charge is 0.475 e. The first kappa shape index (κ1) is 37.8. The average Bonchev–Trinajstić information content (AvgIpc) is 3.45. The van der Waals surface area contributed by atoms with E-state index < -0.39 is 24.3 Å². The zero-order chi connectivity index (χ0) is 34.2. The van der Waals surface area contributed by atoms with Gasteiger partial charge in [0.15, 0.2) is 0 Å². The van der Waals surface area contributed by atoms with Gasteiger partial charge in [-0.3, -0.25) is 19.5 Å². The zero-order valence-electron chi connectivity index (χ0n) is 25.5. The summed E-state index contributed by atoms with van der Waals surface area (Å²) in [6.45, 7) is 12.2. The lowest BCUT2D eigenvalue weighted by molar-refractivity contribution is -0.193. The zero-order valence-corrected chi connectivity index (χ0v) is 25.5. The van der Waals surface area contributed by atoms with E-state index in [0.717, 1.165) is 77.9 Å². The monoisotopic (exact) mass is 654 g/mol. The van der Waals surface area contributed by atoms with Crippen LogP contribution in [0.3, 0.4) is 0 Å². The van der Waals surface area contributed by atoms with Crippen LogP contribution < -0.4 is 0 Å². The molecule has 1 aromatic heterocycles. The fourth-order valence-corrected chi connectivity index (χ4v) is 6.51. The number of carboxylic acids is 2. The van der Waals surface area contributed by atoms with Crippen LogP contribution in [0.1, 0.15) is 58.4 Å². The van der Waals surface area contributed by atoms with Crippen LogP contribution in [-0.4, -0.2) is 105 Å². The Morgan fingerprint density at radius 1 is 0.911 bits per heavy atom. The maximum Gasteiger partial charge on any atom is 0.490 e. The Morgan fingerprint density at radius 2 is 1.44 bits per heavy atom. The van der Waals surface area contributed by atoms with Crippen LogP contribution in [0.2, 0.25) is 0 Å². The van der Waals surface area contributed by atoms with Gasteiger partial charge in [-0.1, -0.05) is 19.9 Å². The number of amides is 2. The molecule has 10 nitrogen and oxygen atoms in total. The van der Waals surface area contributed by atoms with Crippen LogP contribution in [0.4, 0.5) is 26.3 Å². The number of halogens is 6. The second kappa shape index (κ2) is 15.2. The Kier molecular flexibility index (Phi) is 12.8. The summed E-state index contributed by atoms with van der Waals surface area (Å²) in [5, 5.41) is 14.2. The van der Waals surface area contributed by atoms with Gasteiger partial charge in [-0.15, -0.1) is 0 Å². The number of hydrogen-bond donors (Lipinski definition) is 2. The summed E-state index contributed by atoms with van der Waals surface area (Å²) in [7, 11) is 0. The highest BCUT2D eigenvalue weighted by molar-refractivity contribution is 5.87. The minimum Gasteiger partial charge on any atom is -0.475 e. The lowest BCUT2D eigenvalue weighted by Crippen LogP contribution is -2.54. The number of carbonyl (C=O) groups is 4. The molecular weight excluding hydrogens is 614 g/mol. The fraction of sp³-hybridized carbons (Fsp3) is 0.690. The Hall–Kier alpha value is -3.43. The topological polar surface area (TPSA) is 131 Å². The molecule has 3 fully saturated rings. The molecule has 1 unspecified atom stereocenters. The molecule has 1 aromatic rings. The van der Waals surface area contributed by atoms with E-state index in [-0.39, 0.29) is 16.7 Å². The van der Waals surface area contributed by atoms with Crippen LogP contribution in [0.25, 0.3) is 0 Å². The number of carbonyl (C=O) groups excluding carboxylic acids is 2. The van der Waals surface area contributed by atoms with Crippen molar-refractivity contribution in [1.29, 1.82) is 0 Å². The van der Waals surface area contributed by atoms with Crippen molar-refractivity contribution >= 4 is 23.8 Å². The summed E-state index contributed by atoms with van der Waals surface area (Å²) in [5.41, 5.74) is 0.879. The highest BCUT2D eigenvalue weighted by Crippen LogP contribution is 2.58. The van der Waals surface area contributed by atoms with Crippen molar-refractivity contribution in [2.45, 2.75) is 71.8 Å². The number of pyridine rings is 1. The van der Waals surface area contributed by atoms with Crippen LogP contribution in [-0.2, 0) is 25.7 Å². The molecule has 254 valence electrons. The summed E-state index contributed by atoms with van der Waals surface area (Å²) >= 11 is 0. The lowest BCUT2D eigenvalue weighted by atomic mass is 9.60. The van der Waals surface area contributed by atoms with E-state index in [1.807, 2.05) is 18.5 Å². The first-order valence-electron chi connectivity index (χ1n) is 14.7. The Balaban J connectivity index is 0.000000421. The molecule has 0 saturated carbocycles. The molecule has 3 saturated heterocycles. The Labute approximate surface area is 257 Å². The van der Waals surface area contributed by atoms with E-state index in [0.29, 0.717) is 11.8 Å². The molecule has 4 heterocycles. The van der Waals surface area contributed by atoms with Crippen molar-refractivity contribution in [3.8, 4) is 0 Å². The van der Waals surface area contributed by atoms with Crippen molar-refractivity contribution < 1.29 is 55.7 Å². The number of rotatable bonds is 6. The van der Waals surface area contributed by atoms with Crippen LogP contribution in [0.5, 0.6) is 0 Å². The number of aromatic nitrogens is 1. The van der Waals surface area contributed by atoms with E-state index >= 15 is 0 Å². The Morgan fingerprint density at radius 3 is 1.84 bits per heavy atom. The summed E-state index contributed by atoms with van der Waals surface area (Å²) in [6, 6.07) is 4.11. The van der Waals surface area contributed by atoms with Gasteiger partial charge in [0.1, 0.15) is 0 Å². The van der Waals surface area contributed by atoms with Gasteiger partial charge in [-0.25, -0.2) is 9.59 Å². The first-order chi connectivity index (χ1) is 20.9. The maximum atomic E-state index is 13.7. The number of aliphatic carboxylic acids is 2. The van der Waals surface area contributed by atoms with Crippen molar-refractivity contribution in [2.24, 2.45) is 16.7 Å². The molecule has 45 heavy (non-hydrogen) atoms. The second-order valence-electron chi connectivity index (χ2n) is 11.4. The summed E-state index contributed by atoms with van der Waals surface area (Å²) in [5.74, 6) is -4.71. The molecule has 0 aromatic carbocycles. The van der Waals surface area contributed by atoms with Gasteiger partial charge in [0, 0.05) is 69.5 Å². The molecule has 3 aliphatic rings. The summed E-state index contributed by atoms with van der Waals surface area (Å²) in [6.07, 6.45) is -1.79. The quantitative estimate of drug-likeness (QED) is 0.431. The fourth-order valence-electron chi connectivity index (χ4n) is 6.51. The number of fused-ring (bicyclic) bond motifs is 1. The molecule has 0 radical (unpaired) electrons. The van der Waals surface area contributed by atoms with Gasteiger partial charge in [0.25, 0.3) is 0 Å². The van der Waals surface area contributed by atoms with Crippen LogP contribution >= 0.6 is 0 Å². The number of hydrogen-bond acceptors (Lipinski definition) is 6. The molecule has 0 aliphatic carbocycles. The van der Waals surface area contributed by atoms with Crippen molar-refractivity contribution in [3.63, 3.8) is 0 Å². The van der Waals surface area contributed by atoms with E-state index in [9.17, 15) is 35.9 Å². The van der Waals surface area contributed by atoms with E-state index in [2.05, 4.69) is 46.5 Å². The first-order valence-corrected chi connectivity index (χ1v) is 14.7. The molecule has 2 spiro atoms. The molecule has 3 aliphatic heterocycles. The molecule has 0 bridgehead atoms. The summed E-state index contributed by atoms with van der Waals surface area (Å²) in [4.78, 5) is 55.3. The predicted octanol–water partition coefficient (Wildman–Crippen LogP) is 4.45. The van der Waals surface area contributed by atoms with Crippen molar-refractivity contribution in [3.05, 3.63) is 30.1 Å². The van der Waals surface area contributed by atoms with Crippen LogP contribution in [0, 0.1) is 16.7 Å². The summed E-state index contributed by atoms with van der Waals surface area (Å²) < 4.78 is 63.5. The highest BCUT2D eigenvalue weighted by Gasteiger charge is 2.65. The SMILES string of the molecule is CCC(CC)C(=O)N1CCC2(CC1)CN(Cc1cccnc1)CC21CCN(CC)C1=O.O=C(O)C(F)(F)F.O=C(O)C(F)(F)F. The largest absolute Gasteiger partial charge is 0.490 e. The standard InChI is InChI=1S/C25H38N4O2.2C2HF3O2/c1-4-21(5-2)22(30)29-13-9-24(10-14-29)18-27(17-20-8-7-12-26-16-20)19-25(24)11-15-28(6-3)23(25)31;2*3-2(4,5)1(6)7/h7-8,12,16,21H,4-6,9-11,13-15,17-19H2,1-3H3;2*(H,6,7). The molecule has 1 atom stereocenters. The number of alkyl halides is 6. The maximum absolute atomic E-state index is 13.7.